The molecular weight excluding hydrogens is 351 g/mol. The number of rotatable bonds is 7. The number of aliphatic hydroxyl groups excluding tert-OH is 1. The van der Waals surface area contributed by atoms with Gasteiger partial charge in [0, 0.05) is 19.2 Å². The van der Waals surface area contributed by atoms with E-state index in [0.717, 1.165) is 5.56 Å². The van der Waals surface area contributed by atoms with Gasteiger partial charge >= 0.3 is 6.36 Å². The standard InChI is InChI=1S/C14H19BrF3NO2/c1-9(2)12(5-6-20)19-8-10-3-4-13(11(15)7-10)21-14(16,17)18/h3-4,7,9,12,19-20H,5-6,8H2,1-2H3. The van der Waals surface area contributed by atoms with E-state index in [1.165, 1.54) is 6.07 Å². The number of hydrogen-bond acceptors (Lipinski definition) is 3. The zero-order valence-corrected chi connectivity index (χ0v) is 13.5. The monoisotopic (exact) mass is 369 g/mol. The van der Waals surface area contributed by atoms with Crippen LogP contribution in [-0.2, 0) is 6.54 Å². The molecule has 21 heavy (non-hydrogen) atoms. The van der Waals surface area contributed by atoms with Crippen molar-refractivity contribution in [3.05, 3.63) is 28.2 Å². The molecule has 0 saturated carbocycles. The Kier molecular flexibility index (Phi) is 6.96. The second-order valence-electron chi connectivity index (χ2n) is 5.06. The van der Waals surface area contributed by atoms with Crippen molar-refractivity contribution in [2.45, 2.75) is 39.2 Å². The summed E-state index contributed by atoms with van der Waals surface area (Å²) in [7, 11) is 0. The van der Waals surface area contributed by atoms with Crippen LogP contribution in [0.4, 0.5) is 13.2 Å². The molecule has 1 rings (SSSR count). The summed E-state index contributed by atoms with van der Waals surface area (Å²) in [4.78, 5) is 0. The van der Waals surface area contributed by atoms with E-state index in [1.807, 2.05) is 13.8 Å². The number of hydrogen-bond donors (Lipinski definition) is 2. The number of halogens is 4. The van der Waals surface area contributed by atoms with E-state index in [0.29, 0.717) is 18.9 Å². The third-order valence-corrected chi connectivity index (χ3v) is 3.65. The summed E-state index contributed by atoms with van der Waals surface area (Å²) in [6.07, 6.45) is -4.07. The maximum atomic E-state index is 12.2. The van der Waals surface area contributed by atoms with E-state index in [2.05, 4.69) is 26.0 Å². The molecule has 0 aliphatic heterocycles. The van der Waals surface area contributed by atoms with Gasteiger partial charge in [-0.2, -0.15) is 0 Å². The SMILES string of the molecule is CC(C)C(CCO)NCc1ccc(OC(F)(F)F)c(Br)c1. The first kappa shape index (κ1) is 18.3. The van der Waals surface area contributed by atoms with Crippen LogP contribution in [0.15, 0.2) is 22.7 Å². The molecule has 0 aromatic heterocycles. The van der Waals surface area contributed by atoms with Crippen LogP contribution in [0.1, 0.15) is 25.8 Å². The minimum Gasteiger partial charge on any atom is -0.405 e. The predicted molar refractivity (Wildman–Crippen MR) is 78.0 cm³/mol. The van der Waals surface area contributed by atoms with Gasteiger partial charge in [-0.25, -0.2) is 0 Å². The molecule has 0 saturated heterocycles. The van der Waals surface area contributed by atoms with Crippen LogP contribution in [0.2, 0.25) is 0 Å². The molecule has 120 valence electrons. The lowest BCUT2D eigenvalue weighted by Crippen LogP contribution is -2.34. The quantitative estimate of drug-likeness (QED) is 0.766. The molecule has 0 amide bonds. The van der Waals surface area contributed by atoms with Gasteiger partial charge in [-0.1, -0.05) is 19.9 Å². The number of aliphatic hydroxyl groups is 1. The molecule has 0 aliphatic carbocycles. The number of ether oxygens (including phenoxy) is 1. The Bertz CT molecular complexity index is 452. The first-order valence-corrected chi connectivity index (χ1v) is 7.40. The van der Waals surface area contributed by atoms with Gasteiger partial charge in [0.15, 0.2) is 0 Å². The molecule has 0 bridgehead atoms. The highest BCUT2D eigenvalue weighted by Gasteiger charge is 2.31. The summed E-state index contributed by atoms with van der Waals surface area (Å²) < 4.78 is 40.7. The summed E-state index contributed by atoms with van der Waals surface area (Å²) in [6, 6.07) is 4.60. The Morgan fingerprint density at radius 3 is 2.48 bits per heavy atom. The lowest BCUT2D eigenvalue weighted by Gasteiger charge is -2.21. The van der Waals surface area contributed by atoms with Crippen LogP contribution in [0, 0.1) is 5.92 Å². The van der Waals surface area contributed by atoms with Crippen molar-refractivity contribution in [3.8, 4) is 5.75 Å². The summed E-state index contributed by atoms with van der Waals surface area (Å²) in [6.45, 7) is 4.69. The molecule has 1 aromatic rings. The second kappa shape index (κ2) is 8.00. The maximum Gasteiger partial charge on any atom is 0.573 e. The van der Waals surface area contributed by atoms with Gasteiger partial charge in [0.1, 0.15) is 5.75 Å². The van der Waals surface area contributed by atoms with Gasteiger partial charge in [-0.3, -0.25) is 0 Å². The van der Waals surface area contributed by atoms with Crippen LogP contribution < -0.4 is 10.1 Å². The van der Waals surface area contributed by atoms with Gasteiger partial charge in [0.05, 0.1) is 4.47 Å². The highest BCUT2D eigenvalue weighted by molar-refractivity contribution is 9.10. The van der Waals surface area contributed by atoms with Gasteiger partial charge in [0.25, 0.3) is 0 Å². The number of alkyl halides is 3. The van der Waals surface area contributed by atoms with Crippen LogP contribution in [0.5, 0.6) is 5.75 Å². The molecule has 7 heteroatoms. The molecule has 1 aromatic carbocycles. The maximum absolute atomic E-state index is 12.2. The molecule has 0 spiro atoms. The average molecular weight is 370 g/mol. The Hall–Kier alpha value is -0.790. The molecule has 1 atom stereocenters. The van der Waals surface area contributed by atoms with E-state index in [4.69, 9.17) is 5.11 Å². The minimum absolute atomic E-state index is 0.0951. The Labute approximate surface area is 130 Å². The van der Waals surface area contributed by atoms with E-state index in [-0.39, 0.29) is 22.9 Å². The summed E-state index contributed by atoms with van der Waals surface area (Å²) in [5.41, 5.74) is 0.833. The molecule has 0 aliphatic rings. The van der Waals surface area contributed by atoms with Crippen molar-refractivity contribution in [2.75, 3.05) is 6.61 Å². The molecular formula is C14H19BrF3NO2. The first-order valence-electron chi connectivity index (χ1n) is 6.61. The fourth-order valence-electron chi connectivity index (χ4n) is 1.92. The fraction of sp³-hybridized carbons (Fsp3) is 0.571. The topological polar surface area (TPSA) is 41.5 Å². The second-order valence-corrected chi connectivity index (χ2v) is 5.91. The molecule has 1 unspecified atom stereocenters. The van der Waals surface area contributed by atoms with Crippen LogP contribution >= 0.6 is 15.9 Å². The molecule has 2 N–H and O–H groups in total. The summed E-state index contributed by atoms with van der Waals surface area (Å²) >= 11 is 3.07. The van der Waals surface area contributed by atoms with Gasteiger partial charge in [-0.05, 0) is 46.0 Å². The Balaban J connectivity index is 2.67. The van der Waals surface area contributed by atoms with Crippen LogP contribution in [0.3, 0.4) is 0 Å². The average Bonchev–Trinajstić information content (AvgIpc) is 2.35. The van der Waals surface area contributed by atoms with E-state index in [1.54, 1.807) is 12.1 Å². The highest BCUT2D eigenvalue weighted by atomic mass is 79.9. The van der Waals surface area contributed by atoms with Crippen molar-refractivity contribution in [2.24, 2.45) is 5.92 Å². The zero-order valence-electron chi connectivity index (χ0n) is 11.9. The van der Waals surface area contributed by atoms with E-state index < -0.39 is 6.36 Å². The van der Waals surface area contributed by atoms with Crippen LogP contribution in [0.25, 0.3) is 0 Å². The Morgan fingerprint density at radius 1 is 1.33 bits per heavy atom. The van der Waals surface area contributed by atoms with Gasteiger partial charge in [0.2, 0.25) is 0 Å². The third kappa shape index (κ3) is 6.67. The van der Waals surface area contributed by atoms with Gasteiger partial charge < -0.3 is 15.2 Å². The third-order valence-electron chi connectivity index (χ3n) is 3.04. The zero-order chi connectivity index (χ0) is 16.0. The molecule has 0 fully saturated rings. The molecule has 3 nitrogen and oxygen atoms in total. The first-order chi connectivity index (χ1) is 9.73. The fourth-order valence-corrected chi connectivity index (χ4v) is 2.43. The minimum atomic E-state index is -4.70. The van der Waals surface area contributed by atoms with Crippen molar-refractivity contribution in [1.82, 2.24) is 5.32 Å². The van der Waals surface area contributed by atoms with Crippen molar-refractivity contribution in [3.63, 3.8) is 0 Å². The van der Waals surface area contributed by atoms with Crippen LogP contribution in [-0.4, -0.2) is 24.1 Å². The molecule has 0 heterocycles. The van der Waals surface area contributed by atoms with Crippen molar-refractivity contribution < 1.29 is 23.0 Å². The highest BCUT2D eigenvalue weighted by Crippen LogP contribution is 2.31. The lowest BCUT2D eigenvalue weighted by molar-refractivity contribution is -0.274. The largest absolute Gasteiger partial charge is 0.573 e. The van der Waals surface area contributed by atoms with E-state index >= 15 is 0 Å². The molecule has 0 radical (unpaired) electrons. The lowest BCUT2D eigenvalue weighted by atomic mass is 10.0. The van der Waals surface area contributed by atoms with Crippen molar-refractivity contribution in [1.29, 1.82) is 0 Å². The van der Waals surface area contributed by atoms with E-state index in [9.17, 15) is 13.2 Å². The Morgan fingerprint density at radius 2 is 2.00 bits per heavy atom. The smallest absolute Gasteiger partial charge is 0.405 e. The predicted octanol–water partition coefficient (Wildman–Crippen LogP) is 3.84. The summed E-state index contributed by atoms with van der Waals surface area (Å²) in [5.74, 6) is 0.0930. The van der Waals surface area contributed by atoms with Crippen molar-refractivity contribution >= 4 is 15.9 Å². The number of nitrogens with one attached hydrogen (secondary N) is 1. The van der Waals surface area contributed by atoms with Gasteiger partial charge in [-0.15, -0.1) is 13.2 Å². The summed E-state index contributed by atoms with van der Waals surface area (Å²) in [5, 5.41) is 12.3. The number of benzene rings is 1. The normalized spacial score (nSPS) is 13.5.